The minimum Gasteiger partial charge on any atom is -0.362 e. The third kappa shape index (κ3) is 3.88. The number of rotatable bonds is 4. The van der Waals surface area contributed by atoms with Gasteiger partial charge in [-0.3, -0.25) is 9.59 Å². The van der Waals surface area contributed by atoms with Gasteiger partial charge in [0.2, 0.25) is 0 Å². The molecule has 0 spiro atoms. The Balaban J connectivity index is 1.77. The Bertz CT molecular complexity index is 805. The monoisotopic (exact) mass is 371 g/mol. The largest absolute Gasteiger partial charge is 0.362 e. The zero-order valence-corrected chi connectivity index (χ0v) is 15.7. The number of anilines is 1. The van der Waals surface area contributed by atoms with Gasteiger partial charge in [-0.15, -0.1) is 0 Å². The van der Waals surface area contributed by atoms with E-state index < -0.39 is 0 Å². The van der Waals surface area contributed by atoms with Crippen LogP contribution in [0.1, 0.15) is 33.6 Å². The number of ketones is 1. The van der Waals surface area contributed by atoms with Crippen molar-refractivity contribution in [1.29, 1.82) is 0 Å². The van der Waals surface area contributed by atoms with Crippen molar-refractivity contribution in [2.24, 2.45) is 5.92 Å². The van der Waals surface area contributed by atoms with Crippen LogP contribution in [0.25, 0.3) is 0 Å². The topological polar surface area (TPSA) is 53.5 Å². The Hall–Kier alpha value is -2.40. The Morgan fingerprint density at radius 2 is 1.92 bits per heavy atom. The van der Waals surface area contributed by atoms with E-state index in [1.807, 2.05) is 19.0 Å². The summed E-state index contributed by atoms with van der Waals surface area (Å²) in [6.45, 7) is 1.09. The minimum atomic E-state index is -0.187. The molecule has 1 fully saturated rings. The molecule has 136 valence electrons. The lowest BCUT2D eigenvalue weighted by atomic mass is 9.89. The molecule has 1 atom stereocenters. The minimum absolute atomic E-state index is 0.0678. The summed E-state index contributed by atoms with van der Waals surface area (Å²) in [4.78, 5) is 33.7. The number of Topliss-reactive ketones (excluding diaryl/α,β-unsaturated/α-hetero) is 1. The second-order valence-corrected chi connectivity index (χ2v) is 7.17. The maximum absolute atomic E-state index is 13.0. The summed E-state index contributed by atoms with van der Waals surface area (Å²) in [6.07, 6.45) is 3.28. The van der Waals surface area contributed by atoms with Crippen LogP contribution in [0.5, 0.6) is 0 Å². The second-order valence-electron chi connectivity index (χ2n) is 6.73. The van der Waals surface area contributed by atoms with E-state index in [9.17, 15) is 9.59 Å². The van der Waals surface area contributed by atoms with Gasteiger partial charge < -0.3 is 9.80 Å². The molecule has 0 aliphatic carbocycles. The molecular formula is C20H22ClN3O2. The standard InChI is InChI=1S/C20H22ClN3O2/c1-23(2)19-17(6-3-11-22-19)20(26)24-12-4-5-15(13-24)18(25)14-7-9-16(21)10-8-14/h3,6-11,15H,4-5,12-13H2,1-2H3. The van der Waals surface area contributed by atoms with E-state index in [4.69, 9.17) is 11.6 Å². The van der Waals surface area contributed by atoms with E-state index in [1.165, 1.54) is 0 Å². The van der Waals surface area contributed by atoms with E-state index in [-0.39, 0.29) is 17.6 Å². The summed E-state index contributed by atoms with van der Waals surface area (Å²) in [5.74, 6) is 0.450. The smallest absolute Gasteiger partial charge is 0.257 e. The lowest BCUT2D eigenvalue weighted by Gasteiger charge is -2.32. The first-order valence-electron chi connectivity index (χ1n) is 8.69. The van der Waals surface area contributed by atoms with Gasteiger partial charge in [0.1, 0.15) is 5.82 Å². The van der Waals surface area contributed by atoms with Crippen molar-refractivity contribution in [3.8, 4) is 0 Å². The number of benzene rings is 1. The van der Waals surface area contributed by atoms with Crippen LogP contribution in [0.15, 0.2) is 42.6 Å². The van der Waals surface area contributed by atoms with Crippen molar-refractivity contribution < 1.29 is 9.59 Å². The van der Waals surface area contributed by atoms with Gasteiger partial charge in [0.05, 0.1) is 5.56 Å². The number of amides is 1. The van der Waals surface area contributed by atoms with Gasteiger partial charge in [0.25, 0.3) is 5.91 Å². The average molecular weight is 372 g/mol. The molecule has 1 aliphatic rings. The number of hydrogen-bond donors (Lipinski definition) is 0. The molecule has 6 heteroatoms. The van der Waals surface area contributed by atoms with Gasteiger partial charge in [-0.25, -0.2) is 4.98 Å². The van der Waals surface area contributed by atoms with Crippen LogP contribution in [-0.4, -0.2) is 48.8 Å². The van der Waals surface area contributed by atoms with Crippen molar-refractivity contribution in [2.45, 2.75) is 12.8 Å². The Morgan fingerprint density at radius 3 is 2.62 bits per heavy atom. The van der Waals surface area contributed by atoms with Crippen LogP contribution < -0.4 is 4.90 Å². The third-order valence-corrected chi connectivity index (χ3v) is 4.90. The van der Waals surface area contributed by atoms with Crippen LogP contribution in [-0.2, 0) is 0 Å². The number of piperidine rings is 1. The molecule has 0 saturated carbocycles. The van der Waals surface area contributed by atoms with Gasteiger partial charge in [0, 0.05) is 49.9 Å². The highest BCUT2D eigenvalue weighted by Crippen LogP contribution is 2.25. The maximum Gasteiger partial charge on any atom is 0.257 e. The van der Waals surface area contributed by atoms with Gasteiger partial charge in [0.15, 0.2) is 5.78 Å². The van der Waals surface area contributed by atoms with E-state index in [0.29, 0.717) is 35.1 Å². The summed E-state index contributed by atoms with van der Waals surface area (Å²) in [5, 5.41) is 0.606. The number of likely N-dealkylation sites (tertiary alicyclic amines) is 1. The summed E-state index contributed by atoms with van der Waals surface area (Å²) in [6, 6.07) is 10.5. The molecule has 1 aliphatic heterocycles. The van der Waals surface area contributed by atoms with Crippen LogP contribution in [0.3, 0.4) is 0 Å². The fourth-order valence-electron chi connectivity index (χ4n) is 3.32. The average Bonchev–Trinajstić information content (AvgIpc) is 2.67. The molecule has 26 heavy (non-hydrogen) atoms. The Morgan fingerprint density at radius 1 is 1.19 bits per heavy atom. The molecular weight excluding hydrogens is 350 g/mol. The third-order valence-electron chi connectivity index (χ3n) is 4.65. The first-order valence-corrected chi connectivity index (χ1v) is 9.06. The quantitative estimate of drug-likeness (QED) is 0.771. The normalized spacial score (nSPS) is 17.0. The molecule has 2 aromatic rings. The zero-order valence-electron chi connectivity index (χ0n) is 15.0. The van der Waals surface area contributed by atoms with Crippen LogP contribution in [0, 0.1) is 5.92 Å². The second kappa shape index (κ2) is 7.87. The highest BCUT2D eigenvalue weighted by molar-refractivity contribution is 6.30. The van der Waals surface area contributed by atoms with Crippen molar-refractivity contribution in [3.63, 3.8) is 0 Å². The first-order chi connectivity index (χ1) is 12.5. The molecule has 0 bridgehead atoms. The molecule has 1 saturated heterocycles. The number of aromatic nitrogens is 1. The SMILES string of the molecule is CN(C)c1ncccc1C(=O)N1CCCC(C(=O)c2ccc(Cl)cc2)C1. The van der Waals surface area contributed by atoms with E-state index in [2.05, 4.69) is 4.98 Å². The predicted octanol–water partition coefficient (Wildman–Crippen LogP) is 3.54. The van der Waals surface area contributed by atoms with Gasteiger partial charge in [-0.2, -0.15) is 0 Å². The van der Waals surface area contributed by atoms with E-state index >= 15 is 0 Å². The van der Waals surface area contributed by atoms with Crippen molar-refractivity contribution in [2.75, 3.05) is 32.1 Å². The highest BCUT2D eigenvalue weighted by atomic mass is 35.5. The Kier molecular flexibility index (Phi) is 5.57. The van der Waals surface area contributed by atoms with Crippen LogP contribution in [0.2, 0.25) is 5.02 Å². The number of hydrogen-bond acceptors (Lipinski definition) is 4. The molecule has 1 aromatic carbocycles. The number of pyridine rings is 1. The summed E-state index contributed by atoms with van der Waals surface area (Å²) < 4.78 is 0. The Labute approximate surface area is 158 Å². The zero-order chi connectivity index (χ0) is 18.7. The fraction of sp³-hybridized carbons (Fsp3) is 0.350. The highest BCUT2D eigenvalue weighted by Gasteiger charge is 2.30. The van der Waals surface area contributed by atoms with Crippen molar-refractivity contribution in [3.05, 3.63) is 58.7 Å². The molecule has 5 nitrogen and oxygen atoms in total. The maximum atomic E-state index is 13.0. The van der Waals surface area contributed by atoms with Gasteiger partial charge in [-0.05, 0) is 49.2 Å². The lowest BCUT2D eigenvalue weighted by molar-refractivity contribution is 0.0637. The van der Waals surface area contributed by atoms with Gasteiger partial charge >= 0.3 is 0 Å². The van der Waals surface area contributed by atoms with Crippen molar-refractivity contribution >= 4 is 29.1 Å². The number of carbonyl (C=O) groups is 2. The molecule has 3 rings (SSSR count). The number of nitrogens with zero attached hydrogens (tertiary/aromatic N) is 3. The van der Waals surface area contributed by atoms with E-state index in [1.54, 1.807) is 47.5 Å². The predicted molar refractivity (Wildman–Crippen MR) is 103 cm³/mol. The summed E-state index contributed by atoms with van der Waals surface area (Å²) in [7, 11) is 3.73. The molecule has 0 radical (unpaired) electrons. The van der Waals surface area contributed by atoms with Crippen molar-refractivity contribution in [1.82, 2.24) is 9.88 Å². The number of carbonyl (C=O) groups excluding carboxylic acids is 2. The lowest BCUT2D eigenvalue weighted by Crippen LogP contribution is -2.42. The fourth-order valence-corrected chi connectivity index (χ4v) is 3.44. The summed E-state index contributed by atoms with van der Waals surface area (Å²) >= 11 is 5.90. The summed E-state index contributed by atoms with van der Waals surface area (Å²) in [5.41, 5.74) is 1.21. The molecule has 2 heterocycles. The molecule has 1 aromatic heterocycles. The van der Waals surface area contributed by atoms with Crippen LogP contribution in [0.4, 0.5) is 5.82 Å². The van der Waals surface area contributed by atoms with E-state index in [0.717, 1.165) is 12.8 Å². The molecule has 1 unspecified atom stereocenters. The van der Waals surface area contributed by atoms with Gasteiger partial charge in [-0.1, -0.05) is 11.6 Å². The first kappa shape index (κ1) is 18.4. The number of halogens is 1. The molecule has 1 amide bonds. The molecule has 0 N–H and O–H groups in total. The van der Waals surface area contributed by atoms with Crippen LogP contribution >= 0.6 is 11.6 Å².